The second-order valence-corrected chi connectivity index (χ2v) is 7.65. The Morgan fingerprint density at radius 1 is 1.29 bits per heavy atom. The van der Waals surface area contributed by atoms with E-state index in [1.54, 1.807) is 30.3 Å². The van der Waals surface area contributed by atoms with Gasteiger partial charge in [-0.3, -0.25) is 9.59 Å². The molecule has 0 aliphatic carbocycles. The van der Waals surface area contributed by atoms with E-state index >= 15 is 0 Å². The van der Waals surface area contributed by atoms with Gasteiger partial charge in [-0.15, -0.1) is 0 Å². The molecule has 1 fully saturated rings. The smallest absolute Gasteiger partial charge is 0.320 e. The second kappa shape index (κ2) is 8.51. The van der Waals surface area contributed by atoms with E-state index in [-0.39, 0.29) is 23.6 Å². The van der Waals surface area contributed by atoms with Gasteiger partial charge in [0.1, 0.15) is 27.7 Å². The molecular weight excluding hydrogens is 403 g/mol. The van der Waals surface area contributed by atoms with Gasteiger partial charge in [0, 0.05) is 11.6 Å². The van der Waals surface area contributed by atoms with Crippen molar-refractivity contribution in [2.24, 2.45) is 5.73 Å². The summed E-state index contributed by atoms with van der Waals surface area (Å²) in [5, 5.41) is 11.3. The van der Waals surface area contributed by atoms with E-state index in [4.69, 9.17) is 27.8 Å². The number of rotatable bonds is 6. The Balaban J connectivity index is 1.69. The van der Waals surface area contributed by atoms with Gasteiger partial charge in [0.15, 0.2) is 0 Å². The van der Waals surface area contributed by atoms with E-state index < -0.39 is 17.8 Å². The predicted molar refractivity (Wildman–Crippen MR) is 109 cm³/mol. The SMILES string of the molecule is N[C@@H](Cc1ccc(Oc2ccc(C=C3SC(=S)NC3=O)c(F)c2)cc1)C(=O)O. The number of carbonyl (C=O) groups is 2. The maximum atomic E-state index is 14.3. The van der Waals surface area contributed by atoms with Crippen LogP contribution in [-0.4, -0.2) is 27.3 Å². The number of thioether (sulfide) groups is 1. The van der Waals surface area contributed by atoms with Crippen molar-refractivity contribution < 1.29 is 23.8 Å². The van der Waals surface area contributed by atoms with Crippen molar-refractivity contribution >= 4 is 46.3 Å². The fourth-order valence-corrected chi connectivity index (χ4v) is 3.46. The molecule has 0 aromatic heterocycles. The average molecular weight is 418 g/mol. The second-order valence-electron chi connectivity index (χ2n) is 5.93. The van der Waals surface area contributed by atoms with Gasteiger partial charge >= 0.3 is 5.97 Å². The number of hydrogen-bond donors (Lipinski definition) is 3. The summed E-state index contributed by atoms with van der Waals surface area (Å²) in [5.74, 6) is -1.21. The van der Waals surface area contributed by atoms with Crippen LogP contribution in [0.2, 0.25) is 0 Å². The number of nitrogens with two attached hydrogens (primary N) is 1. The van der Waals surface area contributed by atoms with Crippen molar-refractivity contribution in [3.63, 3.8) is 0 Å². The van der Waals surface area contributed by atoms with Crippen LogP contribution in [0.1, 0.15) is 11.1 Å². The molecule has 4 N–H and O–H groups in total. The van der Waals surface area contributed by atoms with Gasteiger partial charge in [0.2, 0.25) is 0 Å². The van der Waals surface area contributed by atoms with E-state index in [0.717, 1.165) is 17.3 Å². The number of benzene rings is 2. The molecule has 2 aromatic carbocycles. The third kappa shape index (κ3) is 4.94. The van der Waals surface area contributed by atoms with Gasteiger partial charge in [0.05, 0.1) is 4.91 Å². The van der Waals surface area contributed by atoms with Crippen molar-refractivity contribution in [2.45, 2.75) is 12.5 Å². The van der Waals surface area contributed by atoms with Crippen LogP contribution in [0.15, 0.2) is 47.4 Å². The van der Waals surface area contributed by atoms with Crippen molar-refractivity contribution in [2.75, 3.05) is 0 Å². The van der Waals surface area contributed by atoms with Crippen molar-refractivity contribution in [3.05, 3.63) is 64.3 Å². The molecule has 28 heavy (non-hydrogen) atoms. The summed E-state index contributed by atoms with van der Waals surface area (Å²) < 4.78 is 20.3. The highest BCUT2D eigenvalue weighted by molar-refractivity contribution is 8.26. The van der Waals surface area contributed by atoms with E-state index in [0.29, 0.717) is 15.0 Å². The highest BCUT2D eigenvalue weighted by atomic mass is 32.2. The fourth-order valence-electron chi connectivity index (χ4n) is 2.42. The molecule has 3 rings (SSSR count). The van der Waals surface area contributed by atoms with E-state index in [1.165, 1.54) is 18.2 Å². The predicted octanol–water partition coefficient (Wildman–Crippen LogP) is 3.06. The first-order valence-electron chi connectivity index (χ1n) is 8.11. The Kier molecular flexibility index (Phi) is 6.08. The molecule has 1 aliphatic heterocycles. The third-order valence-corrected chi connectivity index (χ3v) is 5.00. The highest BCUT2D eigenvalue weighted by Crippen LogP contribution is 2.29. The molecule has 0 spiro atoms. The normalized spacial score (nSPS) is 16.1. The van der Waals surface area contributed by atoms with Crippen LogP contribution < -0.4 is 15.8 Å². The maximum Gasteiger partial charge on any atom is 0.320 e. The van der Waals surface area contributed by atoms with Crippen LogP contribution in [0.4, 0.5) is 4.39 Å². The van der Waals surface area contributed by atoms with E-state index in [9.17, 15) is 14.0 Å². The number of hydrogen-bond acceptors (Lipinski definition) is 6. The molecule has 1 atom stereocenters. The number of nitrogens with one attached hydrogen (secondary N) is 1. The monoisotopic (exact) mass is 418 g/mol. The number of amides is 1. The molecule has 1 heterocycles. The lowest BCUT2D eigenvalue weighted by molar-refractivity contribution is -0.138. The molecule has 9 heteroatoms. The Bertz CT molecular complexity index is 976. The van der Waals surface area contributed by atoms with Crippen LogP contribution >= 0.6 is 24.0 Å². The van der Waals surface area contributed by atoms with E-state index in [2.05, 4.69) is 5.32 Å². The van der Waals surface area contributed by atoms with Gasteiger partial charge in [-0.25, -0.2) is 4.39 Å². The first kappa shape index (κ1) is 20.0. The number of carboxylic acid groups (broad SMARTS) is 1. The number of aliphatic carboxylic acids is 1. The molecule has 144 valence electrons. The van der Waals surface area contributed by atoms with Crippen LogP contribution in [0.5, 0.6) is 11.5 Å². The van der Waals surface area contributed by atoms with Crippen molar-refractivity contribution in [3.8, 4) is 11.5 Å². The number of carbonyl (C=O) groups excluding carboxylic acids is 1. The summed E-state index contributed by atoms with van der Waals surface area (Å²) in [5.41, 5.74) is 6.50. The van der Waals surface area contributed by atoms with Gasteiger partial charge < -0.3 is 20.9 Å². The lowest BCUT2D eigenvalue weighted by Gasteiger charge is -2.09. The number of halogens is 1. The summed E-state index contributed by atoms with van der Waals surface area (Å²) >= 11 is 5.98. The van der Waals surface area contributed by atoms with Crippen LogP contribution in [0.3, 0.4) is 0 Å². The van der Waals surface area contributed by atoms with Gasteiger partial charge in [0.25, 0.3) is 5.91 Å². The number of ether oxygens (including phenoxy) is 1. The van der Waals surface area contributed by atoms with Gasteiger partial charge in [-0.05, 0) is 42.3 Å². The Morgan fingerprint density at radius 2 is 1.96 bits per heavy atom. The maximum absolute atomic E-state index is 14.3. The Labute approximate surface area is 169 Å². The first-order valence-corrected chi connectivity index (χ1v) is 9.34. The topological polar surface area (TPSA) is 102 Å². The molecule has 0 radical (unpaired) electrons. The molecule has 1 amide bonds. The third-order valence-electron chi connectivity index (χ3n) is 3.83. The minimum absolute atomic E-state index is 0.197. The quantitative estimate of drug-likeness (QED) is 0.489. The molecule has 0 bridgehead atoms. The first-order chi connectivity index (χ1) is 13.3. The highest BCUT2D eigenvalue weighted by Gasteiger charge is 2.22. The van der Waals surface area contributed by atoms with Crippen molar-refractivity contribution in [1.29, 1.82) is 0 Å². The van der Waals surface area contributed by atoms with E-state index in [1.807, 2.05) is 0 Å². The molecule has 2 aromatic rings. The summed E-state index contributed by atoms with van der Waals surface area (Å²) in [6, 6.07) is 10.0. The summed E-state index contributed by atoms with van der Waals surface area (Å²) in [7, 11) is 0. The lowest BCUT2D eigenvalue weighted by Crippen LogP contribution is -2.32. The van der Waals surface area contributed by atoms with Crippen LogP contribution in [0.25, 0.3) is 6.08 Å². The van der Waals surface area contributed by atoms with Gasteiger partial charge in [-0.2, -0.15) is 0 Å². The lowest BCUT2D eigenvalue weighted by atomic mass is 10.1. The molecule has 1 saturated heterocycles. The molecule has 0 unspecified atom stereocenters. The Morgan fingerprint density at radius 3 is 2.54 bits per heavy atom. The number of carboxylic acids is 1. The molecule has 6 nitrogen and oxygen atoms in total. The Hall–Kier alpha value is -2.75. The van der Waals surface area contributed by atoms with Gasteiger partial charge in [-0.1, -0.05) is 36.1 Å². The largest absolute Gasteiger partial charge is 0.480 e. The standard InChI is InChI=1S/C19H15FN2O4S2/c20-14-9-13(6-3-11(14)8-16-17(23)22-19(27)28-16)26-12-4-1-10(2-5-12)7-15(21)18(24)25/h1-6,8-9,15H,7,21H2,(H,24,25)(H,22,23,27)/t15-/m0/s1. The summed E-state index contributed by atoms with van der Waals surface area (Å²) in [4.78, 5) is 22.8. The zero-order chi connectivity index (χ0) is 20.3. The minimum atomic E-state index is -1.07. The molecular formula is C19H15FN2O4S2. The van der Waals surface area contributed by atoms with Crippen LogP contribution in [-0.2, 0) is 16.0 Å². The average Bonchev–Trinajstić information content (AvgIpc) is 2.96. The fraction of sp³-hybridized carbons (Fsp3) is 0.105. The molecule has 0 saturated carbocycles. The summed E-state index contributed by atoms with van der Waals surface area (Å²) in [6.45, 7) is 0. The zero-order valence-corrected chi connectivity index (χ0v) is 16.0. The van der Waals surface area contributed by atoms with Crippen molar-refractivity contribution in [1.82, 2.24) is 5.32 Å². The summed E-state index contributed by atoms with van der Waals surface area (Å²) in [6.07, 6.45) is 1.63. The minimum Gasteiger partial charge on any atom is -0.480 e. The number of thiocarbonyl (C=S) groups is 1. The molecule has 1 aliphatic rings. The van der Waals surface area contributed by atoms with Crippen LogP contribution in [0, 0.1) is 5.82 Å². The zero-order valence-electron chi connectivity index (χ0n) is 14.3.